The molecule has 190 valence electrons. The normalized spacial score (nSPS) is 12.6. The van der Waals surface area contributed by atoms with Crippen LogP contribution in [0.2, 0.25) is 0 Å². The Labute approximate surface area is 215 Å². The maximum atomic E-state index is 5.13. The summed E-state index contributed by atoms with van der Waals surface area (Å²) in [6, 6.07) is 13.0. The molecule has 0 aliphatic heterocycles. The molecule has 0 aliphatic carbocycles. The Morgan fingerprint density at radius 1 is 0.629 bits per heavy atom. The van der Waals surface area contributed by atoms with Crippen molar-refractivity contribution in [3.05, 3.63) is 70.8 Å². The van der Waals surface area contributed by atoms with E-state index in [1.807, 2.05) is 0 Å². The highest BCUT2D eigenvalue weighted by Gasteiger charge is 2.09. The van der Waals surface area contributed by atoms with Gasteiger partial charge in [-0.05, 0) is 106 Å². The molecule has 0 spiro atoms. The second kappa shape index (κ2) is 16.2. The lowest BCUT2D eigenvalue weighted by Gasteiger charge is -2.10. The maximum Gasteiger partial charge on any atom is 0.0848 e. The van der Waals surface area contributed by atoms with Gasteiger partial charge in [0.05, 0.1) is 22.8 Å². The second-order valence-electron chi connectivity index (χ2n) is 10.0. The zero-order valence-corrected chi connectivity index (χ0v) is 23.3. The molecule has 35 heavy (non-hydrogen) atoms. The molecule has 0 atom stereocenters. The molecule has 0 unspecified atom stereocenters. The van der Waals surface area contributed by atoms with Crippen LogP contribution < -0.4 is 0 Å². The van der Waals surface area contributed by atoms with E-state index in [4.69, 9.17) is 9.98 Å². The van der Waals surface area contributed by atoms with Gasteiger partial charge in [0.15, 0.2) is 0 Å². The third-order valence-electron chi connectivity index (χ3n) is 6.81. The Kier molecular flexibility index (Phi) is 13.3. The van der Waals surface area contributed by atoms with Crippen molar-refractivity contribution in [3.63, 3.8) is 0 Å². The Morgan fingerprint density at radius 2 is 1.17 bits per heavy atom. The van der Waals surface area contributed by atoms with Gasteiger partial charge < -0.3 is 0 Å². The highest BCUT2D eigenvalue weighted by molar-refractivity contribution is 6.47. The van der Waals surface area contributed by atoms with Gasteiger partial charge in [-0.15, -0.1) is 0 Å². The minimum Gasteiger partial charge on any atom is -0.251 e. The molecular weight excluding hydrogens is 424 g/mol. The zero-order chi connectivity index (χ0) is 25.5. The van der Waals surface area contributed by atoms with Gasteiger partial charge in [0.2, 0.25) is 0 Å². The fraction of sp³-hybridized carbons (Fsp3) is 0.515. The first kappa shape index (κ1) is 28.8. The first-order valence-electron chi connectivity index (χ1n) is 13.9. The standard InChI is InChI=1S/C33H48N2/c1-7-9-11-12-13-14-15-16-17-19-33(35-31-23-21-27(4)29(6)25-31)32(18-10-8-2)34-30-22-20-26(3)28(5)24-30/h17,19-25H,7-16,18H2,1-6H3. The molecule has 0 radical (unpaired) electrons. The monoisotopic (exact) mass is 472 g/mol. The third-order valence-corrected chi connectivity index (χ3v) is 6.81. The van der Waals surface area contributed by atoms with Crippen molar-refractivity contribution in [2.24, 2.45) is 9.98 Å². The number of aliphatic imine (C=N–C) groups is 2. The van der Waals surface area contributed by atoms with Crippen LogP contribution in [0.4, 0.5) is 11.4 Å². The number of aryl methyl sites for hydroxylation is 4. The van der Waals surface area contributed by atoms with Crippen molar-refractivity contribution >= 4 is 22.8 Å². The average Bonchev–Trinajstić information content (AvgIpc) is 2.84. The van der Waals surface area contributed by atoms with Gasteiger partial charge in [-0.1, -0.05) is 77.0 Å². The Hall–Kier alpha value is -2.48. The van der Waals surface area contributed by atoms with E-state index in [2.05, 4.69) is 90.1 Å². The summed E-state index contributed by atoms with van der Waals surface area (Å²) < 4.78 is 0. The molecule has 0 saturated heterocycles. The van der Waals surface area contributed by atoms with Crippen molar-refractivity contribution in [2.75, 3.05) is 0 Å². The molecule has 0 fully saturated rings. The van der Waals surface area contributed by atoms with Crippen LogP contribution in [0.25, 0.3) is 0 Å². The van der Waals surface area contributed by atoms with Gasteiger partial charge in [0.1, 0.15) is 0 Å². The van der Waals surface area contributed by atoms with E-state index in [1.165, 1.54) is 67.2 Å². The van der Waals surface area contributed by atoms with Crippen LogP contribution in [0.15, 0.2) is 58.5 Å². The molecule has 2 rings (SSSR count). The minimum absolute atomic E-state index is 0.939. The van der Waals surface area contributed by atoms with Gasteiger partial charge >= 0.3 is 0 Å². The Morgan fingerprint density at radius 3 is 1.74 bits per heavy atom. The van der Waals surface area contributed by atoms with E-state index in [0.717, 1.165) is 48.5 Å². The minimum atomic E-state index is 0.939. The molecule has 0 aromatic heterocycles. The van der Waals surface area contributed by atoms with Gasteiger partial charge in [0.25, 0.3) is 0 Å². The highest BCUT2D eigenvalue weighted by atomic mass is 14.8. The molecule has 2 aromatic rings. The first-order valence-corrected chi connectivity index (χ1v) is 13.9. The topological polar surface area (TPSA) is 24.7 Å². The van der Waals surface area contributed by atoms with Crippen molar-refractivity contribution in [1.82, 2.24) is 0 Å². The lowest BCUT2D eigenvalue weighted by molar-refractivity contribution is 0.592. The number of unbranched alkanes of at least 4 members (excludes halogenated alkanes) is 8. The molecule has 0 aliphatic rings. The lowest BCUT2D eigenvalue weighted by atomic mass is 10.0. The number of nitrogens with zero attached hydrogens (tertiary/aromatic N) is 2. The fourth-order valence-electron chi connectivity index (χ4n) is 4.08. The summed E-state index contributed by atoms with van der Waals surface area (Å²) in [5.41, 5.74) is 9.28. The van der Waals surface area contributed by atoms with Crippen LogP contribution in [0.3, 0.4) is 0 Å². The van der Waals surface area contributed by atoms with Crippen LogP contribution in [0, 0.1) is 27.7 Å². The van der Waals surface area contributed by atoms with Crippen molar-refractivity contribution in [1.29, 1.82) is 0 Å². The smallest absolute Gasteiger partial charge is 0.0848 e. The number of hydrogen-bond acceptors (Lipinski definition) is 2. The number of benzene rings is 2. The van der Waals surface area contributed by atoms with E-state index in [-0.39, 0.29) is 0 Å². The van der Waals surface area contributed by atoms with Crippen molar-refractivity contribution < 1.29 is 0 Å². The molecule has 0 saturated carbocycles. The summed E-state index contributed by atoms with van der Waals surface area (Å²) in [6.07, 6.45) is 18.2. The Bertz CT molecular complexity index is 994. The van der Waals surface area contributed by atoms with Crippen LogP contribution >= 0.6 is 0 Å². The average molecular weight is 473 g/mol. The number of allylic oxidation sites excluding steroid dienone is 2. The molecule has 0 N–H and O–H groups in total. The Balaban J connectivity index is 2.27. The molecule has 2 nitrogen and oxygen atoms in total. The van der Waals surface area contributed by atoms with E-state index < -0.39 is 0 Å². The second-order valence-corrected chi connectivity index (χ2v) is 10.0. The third kappa shape index (κ3) is 10.8. The van der Waals surface area contributed by atoms with Crippen LogP contribution in [0.5, 0.6) is 0 Å². The van der Waals surface area contributed by atoms with Crippen molar-refractivity contribution in [3.8, 4) is 0 Å². The van der Waals surface area contributed by atoms with Crippen LogP contribution in [-0.4, -0.2) is 11.4 Å². The molecule has 0 heterocycles. The zero-order valence-electron chi connectivity index (χ0n) is 23.3. The molecule has 2 heteroatoms. The fourth-order valence-corrected chi connectivity index (χ4v) is 4.08. The molecule has 0 amide bonds. The largest absolute Gasteiger partial charge is 0.251 e. The lowest BCUT2D eigenvalue weighted by Crippen LogP contribution is -2.12. The van der Waals surface area contributed by atoms with Crippen molar-refractivity contribution in [2.45, 2.75) is 112 Å². The predicted molar refractivity (Wildman–Crippen MR) is 157 cm³/mol. The summed E-state index contributed by atoms with van der Waals surface area (Å²) in [7, 11) is 0. The highest BCUT2D eigenvalue weighted by Crippen LogP contribution is 2.22. The summed E-state index contributed by atoms with van der Waals surface area (Å²) >= 11 is 0. The SMILES string of the molecule is CCCCCCCCCC=CC(=Nc1ccc(C)c(C)c1)C(CCCC)=Nc1ccc(C)c(C)c1. The summed E-state index contributed by atoms with van der Waals surface area (Å²) in [5, 5.41) is 0. The first-order chi connectivity index (χ1) is 16.9. The predicted octanol–water partition coefficient (Wildman–Crippen LogP) is 10.7. The van der Waals surface area contributed by atoms with Gasteiger partial charge in [-0.3, -0.25) is 4.99 Å². The maximum absolute atomic E-state index is 5.13. The summed E-state index contributed by atoms with van der Waals surface area (Å²) in [4.78, 5) is 10.2. The van der Waals surface area contributed by atoms with Gasteiger partial charge in [-0.2, -0.15) is 0 Å². The summed E-state index contributed by atoms with van der Waals surface area (Å²) in [6.45, 7) is 13.1. The van der Waals surface area contributed by atoms with E-state index >= 15 is 0 Å². The molecular formula is C33H48N2. The van der Waals surface area contributed by atoms with Crippen LogP contribution in [-0.2, 0) is 0 Å². The molecule has 2 aromatic carbocycles. The quantitative estimate of drug-likeness (QED) is 0.182. The number of hydrogen-bond donors (Lipinski definition) is 0. The van der Waals surface area contributed by atoms with E-state index in [1.54, 1.807) is 0 Å². The van der Waals surface area contributed by atoms with E-state index in [9.17, 15) is 0 Å². The van der Waals surface area contributed by atoms with Crippen LogP contribution in [0.1, 0.15) is 107 Å². The molecule has 0 bridgehead atoms. The summed E-state index contributed by atoms with van der Waals surface area (Å²) in [5.74, 6) is 0. The van der Waals surface area contributed by atoms with Gasteiger partial charge in [-0.25, -0.2) is 4.99 Å². The van der Waals surface area contributed by atoms with Gasteiger partial charge in [0, 0.05) is 0 Å². The number of rotatable bonds is 15. The van der Waals surface area contributed by atoms with E-state index in [0.29, 0.717) is 0 Å².